The number of carbonyl (C=O) groups excluding carboxylic acids is 1. The second-order valence-electron chi connectivity index (χ2n) is 4.34. The third-order valence-corrected chi connectivity index (χ3v) is 2.60. The Morgan fingerprint density at radius 3 is 2.05 bits per heavy atom. The first-order valence-electron chi connectivity index (χ1n) is 5.53. The van der Waals surface area contributed by atoms with Gasteiger partial charge in [-0.2, -0.15) is 0 Å². The molecule has 0 unspecified atom stereocenters. The number of hydrogen-bond donors (Lipinski definition) is 0. The maximum atomic E-state index is 11.7. The lowest BCUT2D eigenvalue weighted by atomic mass is 10.1. The van der Waals surface area contributed by atoms with Gasteiger partial charge in [-0.05, 0) is 5.92 Å². The van der Waals surface area contributed by atoms with E-state index in [-0.39, 0.29) is 18.1 Å². The van der Waals surface area contributed by atoms with E-state index in [0.29, 0.717) is 0 Å². The highest BCUT2D eigenvalue weighted by molar-refractivity contribution is 6.35. The molecule has 20 heavy (non-hydrogen) atoms. The van der Waals surface area contributed by atoms with E-state index in [9.17, 15) is 25.0 Å². The zero-order valence-corrected chi connectivity index (χ0v) is 11.4. The Bertz CT molecular complexity index is 537. The molecule has 0 spiro atoms. The molecule has 0 amide bonds. The van der Waals surface area contributed by atoms with Crippen LogP contribution in [0.1, 0.15) is 24.2 Å². The maximum Gasteiger partial charge on any atom is 0.338 e. The fourth-order valence-electron chi connectivity index (χ4n) is 1.30. The normalized spacial score (nSPS) is 10.4. The van der Waals surface area contributed by atoms with Gasteiger partial charge < -0.3 is 4.74 Å². The molecule has 0 atom stereocenters. The molecular weight excluding hydrogens is 292 g/mol. The van der Waals surface area contributed by atoms with E-state index < -0.39 is 32.2 Å². The van der Waals surface area contributed by atoms with E-state index in [1.165, 1.54) is 0 Å². The smallest absolute Gasteiger partial charge is 0.338 e. The average molecular weight is 303 g/mol. The molecule has 9 heteroatoms. The van der Waals surface area contributed by atoms with E-state index in [0.717, 1.165) is 12.1 Å². The van der Waals surface area contributed by atoms with Crippen molar-refractivity contribution in [2.75, 3.05) is 6.61 Å². The molecule has 0 aliphatic heterocycles. The summed E-state index contributed by atoms with van der Waals surface area (Å²) in [7, 11) is 0. The van der Waals surface area contributed by atoms with Crippen LogP contribution >= 0.6 is 11.6 Å². The van der Waals surface area contributed by atoms with Crippen molar-refractivity contribution in [2.24, 2.45) is 5.92 Å². The second-order valence-corrected chi connectivity index (χ2v) is 4.71. The number of nitrogens with zero attached hydrogens (tertiary/aromatic N) is 2. The van der Waals surface area contributed by atoms with Crippen LogP contribution in [-0.2, 0) is 4.74 Å². The van der Waals surface area contributed by atoms with Crippen LogP contribution in [-0.4, -0.2) is 22.4 Å². The molecule has 0 fully saturated rings. The molecule has 0 N–H and O–H groups in total. The summed E-state index contributed by atoms with van der Waals surface area (Å²) in [6, 6.07) is 1.72. The summed E-state index contributed by atoms with van der Waals surface area (Å²) in [6.07, 6.45) is 0. The third-order valence-electron chi connectivity index (χ3n) is 2.21. The zero-order valence-electron chi connectivity index (χ0n) is 10.7. The Morgan fingerprint density at radius 2 is 1.70 bits per heavy atom. The van der Waals surface area contributed by atoms with E-state index in [2.05, 4.69) is 0 Å². The van der Waals surface area contributed by atoms with Gasteiger partial charge in [-0.15, -0.1) is 0 Å². The van der Waals surface area contributed by atoms with Crippen LogP contribution in [0.2, 0.25) is 5.02 Å². The number of rotatable bonds is 5. The number of benzene rings is 1. The monoisotopic (exact) mass is 302 g/mol. The number of esters is 1. The number of nitro groups is 2. The molecular formula is C11H11ClN2O6. The highest BCUT2D eigenvalue weighted by atomic mass is 35.5. The average Bonchev–Trinajstić information content (AvgIpc) is 2.35. The maximum absolute atomic E-state index is 11.7. The summed E-state index contributed by atoms with van der Waals surface area (Å²) in [4.78, 5) is 31.5. The predicted molar refractivity (Wildman–Crippen MR) is 69.9 cm³/mol. The Labute approximate surface area is 118 Å². The van der Waals surface area contributed by atoms with Crippen LogP contribution in [0.5, 0.6) is 0 Å². The largest absolute Gasteiger partial charge is 0.462 e. The van der Waals surface area contributed by atoms with Gasteiger partial charge in [-0.25, -0.2) is 4.79 Å². The van der Waals surface area contributed by atoms with Crippen LogP contribution in [0.4, 0.5) is 11.4 Å². The first-order chi connectivity index (χ1) is 9.23. The molecule has 8 nitrogen and oxygen atoms in total. The summed E-state index contributed by atoms with van der Waals surface area (Å²) in [5.74, 6) is -0.808. The van der Waals surface area contributed by atoms with Crippen LogP contribution in [0.25, 0.3) is 0 Å². The molecule has 0 radical (unpaired) electrons. The van der Waals surface area contributed by atoms with Crippen LogP contribution in [0.15, 0.2) is 12.1 Å². The number of nitro benzene ring substituents is 2. The van der Waals surface area contributed by atoms with Crippen molar-refractivity contribution >= 4 is 28.9 Å². The second kappa shape index (κ2) is 6.29. The van der Waals surface area contributed by atoms with Crippen molar-refractivity contribution in [3.63, 3.8) is 0 Å². The lowest BCUT2D eigenvalue weighted by Gasteiger charge is -2.07. The van der Waals surface area contributed by atoms with E-state index in [4.69, 9.17) is 16.3 Å². The highest BCUT2D eigenvalue weighted by Crippen LogP contribution is 2.35. The van der Waals surface area contributed by atoms with E-state index in [1.807, 2.05) is 0 Å². The predicted octanol–water partition coefficient (Wildman–Crippen LogP) is 2.97. The van der Waals surface area contributed by atoms with Gasteiger partial charge in [0.25, 0.3) is 11.4 Å². The van der Waals surface area contributed by atoms with Gasteiger partial charge in [0.15, 0.2) is 5.02 Å². The molecule has 0 saturated carbocycles. The summed E-state index contributed by atoms with van der Waals surface area (Å²) >= 11 is 5.57. The van der Waals surface area contributed by atoms with Crippen molar-refractivity contribution in [1.29, 1.82) is 0 Å². The Hall–Kier alpha value is -2.22. The van der Waals surface area contributed by atoms with Crippen LogP contribution in [0, 0.1) is 26.1 Å². The molecule has 1 aromatic rings. The summed E-state index contributed by atoms with van der Waals surface area (Å²) in [5.41, 5.74) is -1.71. The standard InChI is InChI=1S/C11H11ClN2O6/c1-6(2)5-20-11(15)7-3-8(13(16)17)10(12)9(4-7)14(18)19/h3-4,6H,5H2,1-2H3. The third kappa shape index (κ3) is 3.64. The molecule has 1 rings (SSSR count). The van der Waals surface area contributed by atoms with E-state index >= 15 is 0 Å². The SMILES string of the molecule is CC(C)COC(=O)c1cc([N+](=O)[O-])c(Cl)c([N+](=O)[O-])c1. The molecule has 0 heterocycles. The number of hydrogen-bond acceptors (Lipinski definition) is 6. The van der Waals surface area contributed by atoms with Crippen molar-refractivity contribution < 1.29 is 19.4 Å². The number of halogens is 1. The molecule has 0 bridgehead atoms. The van der Waals surface area contributed by atoms with E-state index in [1.54, 1.807) is 13.8 Å². The fourth-order valence-corrected chi connectivity index (χ4v) is 1.55. The molecule has 0 saturated heterocycles. The molecule has 108 valence electrons. The van der Waals surface area contributed by atoms with Crippen LogP contribution in [0.3, 0.4) is 0 Å². The lowest BCUT2D eigenvalue weighted by molar-refractivity contribution is -0.393. The van der Waals surface area contributed by atoms with Gasteiger partial charge in [0.2, 0.25) is 0 Å². The highest BCUT2D eigenvalue weighted by Gasteiger charge is 2.27. The first-order valence-corrected chi connectivity index (χ1v) is 5.91. The molecule has 0 aliphatic rings. The minimum Gasteiger partial charge on any atom is -0.462 e. The summed E-state index contributed by atoms with van der Waals surface area (Å²) in [5, 5.41) is 20.9. The topological polar surface area (TPSA) is 113 Å². The summed E-state index contributed by atoms with van der Waals surface area (Å²) < 4.78 is 4.87. The first kappa shape index (κ1) is 15.8. The Balaban J connectivity index is 3.24. The van der Waals surface area contributed by atoms with Crippen molar-refractivity contribution in [2.45, 2.75) is 13.8 Å². The van der Waals surface area contributed by atoms with Crippen molar-refractivity contribution in [1.82, 2.24) is 0 Å². The minimum absolute atomic E-state index is 0.0659. The van der Waals surface area contributed by atoms with Gasteiger partial charge in [-0.3, -0.25) is 20.2 Å². The van der Waals surface area contributed by atoms with Gasteiger partial charge in [-0.1, -0.05) is 25.4 Å². The summed E-state index contributed by atoms with van der Waals surface area (Å²) in [6.45, 7) is 3.71. The zero-order chi connectivity index (χ0) is 15.4. The number of carbonyl (C=O) groups is 1. The number of ether oxygens (including phenoxy) is 1. The van der Waals surface area contributed by atoms with Crippen molar-refractivity contribution in [3.8, 4) is 0 Å². The molecule has 0 aromatic heterocycles. The Kier molecular flexibility index (Phi) is 4.98. The lowest BCUT2D eigenvalue weighted by Crippen LogP contribution is -2.11. The molecule has 0 aliphatic carbocycles. The quantitative estimate of drug-likeness (QED) is 0.469. The van der Waals surface area contributed by atoms with Gasteiger partial charge in [0.1, 0.15) is 0 Å². The van der Waals surface area contributed by atoms with Crippen LogP contribution < -0.4 is 0 Å². The Morgan fingerprint density at radius 1 is 1.25 bits per heavy atom. The fraction of sp³-hybridized carbons (Fsp3) is 0.364. The van der Waals surface area contributed by atoms with Crippen molar-refractivity contribution in [3.05, 3.63) is 42.9 Å². The van der Waals surface area contributed by atoms with Gasteiger partial charge >= 0.3 is 5.97 Å². The minimum atomic E-state index is -0.894. The molecule has 1 aromatic carbocycles. The van der Waals surface area contributed by atoms with Gasteiger partial charge in [0, 0.05) is 12.1 Å². The van der Waals surface area contributed by atoms with Gasteiger partial charge in [0.05, 0.1) is 22.0 Å².